The molecule has 0 spiro atoms. The summed E-state index contributed by atoms with van der Waals surface area (Å²) in [6, 6.07) is 3.64. The number of aryl methyl sites for hydroxylation is 1. The van der Waals surface area contributed by atoms with Gasteiger partial charge in [0, 0.05) is 12.7 Å². The van der Waals surface area contributed by atoms with Crippen molar-refractivity contribution in [3.63, 3.8) is 0 Å². The second-order valence-electron chi connectivity index (χ2n) is 4.21. The van der Waals surface area contributed by atoms with Crippen molar-refractivity contribution in [2.75, 3.05) is 11.9 Å². The minimum Gasteiger partial charge on any atom is -0.330 e. The fourth-order valence-corrected chi connectivity index (χ4v) is 1.52. The molecule has 1 amide bonds. The van der Waals surface area contributed by atoms with Gasteiger partial charge in [-0.1, -0.05) is 13.8 Å². The van der Waals surface area contributed by atoms with Gasteiger partial charge in [0.15, 0.2) is 0 Å². The number of carbonyl (C=O) groups is 1. The molecule has 4 heteroatoms. The monoisotopic (exact) mass is 221 g/mol. The van der Waals surface area contributed by atoms with Crippen molar-refractivity contribution in [1.29, 1.82) is 0 Å². The molecule has 16 heavy (non-hydrogen) atoms. The van der Waals surface area contributed by atoms with Crippen LogP contribution in [0.5, 0.6) is 0 Å². The molecule has 0 aliphatic rings. The lowest BCUT2D eigenvalue weighted by Crippen LogP contribution is -2.33. The predicted octanol–water partition coefficient (Wildman–Crippen LogP) is 1.56. The van der Waals surface area contributed by atoms with Gasteiger partial charge >= 0.3 is 0 Å². The summed E-state index contributed by atoms with van der Waals surface area (Å²) in [4.78, 5) is 16.0. The van der Waals surface area contributed by atoms with Crippen molar-refractivity contribution in [1.82, 2.24) is 4.98 Å². The normalized spacial score (nSPS) is 12.6. The maximum absolute atomic E-state index is 11.9. The third-order valence-corrected chi connectivity index (χ3v) is 2.66. The number of nitrogens with two attached hydrogens (primary N) is 1. The van der Waals surface area contributed by atoms with Crippen LogP contribution in [-0.4, -0.2) is 17.4 Å². The van der Waals surface area contributed by atoms with Gasteiger partial charge in [-0.05, 0) is 25.0 Å². The van der Waals surface area contributed by atoms with E-state index >= 15 is 0 Å². The number of rotatable bonds is 4. The molecule has 0 saturated carbocycles. The third kappa shape index (κ3) is 3.03. The molecule has 1 heterocycles. The van der Waals surface area contributed by atoms with Crippen LogP contribution in [0.2, 0.25) is 0 Å². The first-order chi connectivity index (χ1) is 7.56. The molecule has 0 radical (unpaired) electrons. The number of pyridine rings is 1. The minimum atomic E-state index is -0.153. The summed E-state index contributed by atoms with van der Waals surface area (Å²) in [7, 11) is 0. The fourth-order valence-electron chi connectivity index (χ4n) is 1.52. The molecule has 3 N–H and O–H groups in total. The van der Waals surface area contributed by atoms with Gasteiger partial charge in [0.1, 0.15) is 0 Å². The van der Waals surface area contributed by atoms with Crippen molar-refractivity contribution in [3.8, 4) is 0 Å². The van der Waals surface area contributed by atoms with Gasteiger partial charge in [0.05, 0.1) is 17.3 Å². The van der Waals surface area contributed by atoms with E-state index in [9.17, 15) is 4.79 Å². The molecule has 1 aromatic rings. The molecule has 0 aliphatic carbocycles. The molecule has 0 fully saturated rings. The highest BCUT2D eigenvalue weighted by Gasteiger charge is 2.20. The van der Waals surface area contributed by atoms with Crippen LogP contribution in [0.1, 0.15) is 19.5 Å². The molecule has 4 nitrogen and oxygen atoms in total. The van der Waals surface area contributed by atoms with Crippen LogP contribution < -0.4 is 11.1 Å². The summed E-state index contributed by atoms with van der Waals surface area (Å²) >= 11 is 0. The minimum absolute atomic E-state index is 0.0337. The van der Waals surface area contributed by atoms with Crippen molar-refractivity contribution < 1.29 is 4.79 Å². The summed E-state index contributed by atoms with van der Waals surface area (Å²) in [6.45, 7) is 6.21. The van der Waals surface area contributed by atoms with Gasteiger partial charge in [0.25, 0.3) is 0 Å². The largest absolute Gasteiger partial charge is 0.330 e. The summed E-state index contributed by atoms with van der Waals surface area (Å²) in [5.74, 6) is 0.0511. The number of amides is 1. The molecule has 0 bridgehead atoms. The number of anilines is 1. The van der Waals surface area contributed by atoms with Crippen LogP contribution in [0.3, 0.4) is 0 Å². The fraction of sp³-hybridized carbons (Fsp3) is 0.500. The first kappa shape index (κ1) is 12.6. The van der Waals surface area contributed by atoms with Crippen LogP contribution in [-0.2, 0) is 4.79 Å². The summed E-state index contributed by atoms with van der Waals surface area (Å²) < 4.78 is 0. The third-order valence-electron chi connectivity index (χ3n) is 2.66. The highest BCUT2D eigenvalue weighted by Crippen LogP contribution is 2.15. The first-order valence-corrected chi connectivity index (χ1v) is 5.48. The summed E-state index contributed by atoms with van der Waals surface area (Å²) in [6.07, 6.45) is 1.70. The van der Waals surface area contributed by atoms with E-state index in [-0.39, 0.29) is 17.7 Å². The van der Waals surface area contributed by atoms with Crippen molar-refractivity contribution in [2.24, 2.45) is 17.6 Å². The molecule has 0 saturated heterocycles. The van der Waals surface area contributed by atoms with Gasteiger partial charge in [0.2, 0.25) is 5.91 Å². The topological polar surface area (TPSA) is 68.0 Å². The van der Waals surface area contributed by atoms with Gasteiger partial charge in [-0.15, -0.1) is 0 Å². The number of hydrogen-bond acceptors (Lipinski definition) is 3. The van der Waals surface area contributed by atoms with E-state index in [4.69, 9.17) is 5.73 Å². The number of carbonyl (C=O) groups excluding carboxylic acids is 1. The molecular formula is C12H19N3O. The number of hydrogen-bond donors (Lipinski definition) is 2. The SMILES string of the molecule is Cc1ncccc1NC(=O)C(CN)C(C)C. The highest BCUT2D eigenvalue weighted by molar-refractivity contribution is 5.93. The zero-order chi connectivity index (χ0) is 12.1. The number of nitrogens with one attached hydrogen (secondary N) is 1. The van der Waals surface area contributed by atoms with Gasteiger partial charge in [-0.25, -0.2) is 0 Å². The molecule has 88 valence electrons. The smallest absolute Gasteiger partial charge is 0.229 e. The van der Waals surface area contributed by atoms with E-state index in [1.807, 2.05) is 26.8 Å². The lowest BCUT2D eigenvalue weighted by molar-refractivity contribution is -0.120. The van der Waals surface area contributed by atoms with Crippen molar-refractivity contribution in [2.45, 2.75) is 20.8 Å². The van der Waals surface area contributed by atoms with Gasteiger partial charge < -0.3 is 11.1 Å². The van der Waals surface area contributed by atoms with E-state index in [0.29, 0.717) is 6.54 Å². The number of nitrogens with zero attached hydrogens (tertiary/aromatic N) is 1. The Labute approximate surface area is 96.3 Å². The van der Waals surface area contributed by atoms with E-state index in [2.05, 4.69) is 10.3 Å². The standard InChI is InChI=1S/C12H19N3O/c1-8(2)10(7-13)12(16)15-11-5-4-6-14-9(11)3/h4-6,8,10H,7,13H2,1-3H3,(H,15,16). The maximum Gasteiger partial charge on any atom is 0.229 e. The predicted molar refractivity (Wildman–Crippen MR) is 65.0 cm³/mol. The summed E-state index contributed by atoms with van der Waals surface area (Å²) in [5.41, 5.74) is 7.16. The Bertz CT molecular complexity index is 363. The average Bonchev–Trinajstić information content (AvgIpc) is 2.22. The Morgan fingerprint density at radius 1 is 1.56 bits per heavy atom. The Hall–Kier alpha value is -1.42. The van der Waals surface area contributed by atoms with Crippen molar-refractivity contribution >= 4 is 11.6 Å². The summed E-state index contributed by atoms with van der Waals surface area (Å²) in [5, 5.41) is 2.86. The van der Waals surface area contributed by atoms with E-state index < -0.39 is 0 Å². The molecule has 1 aromatic heterocycles. The highest BCUT2D eigenvalue weighted by atomic mass is 16.1. The molecule has 0 aliphatic heterocycles. The van der Waals surface area contributed by atoms with Crippen LogP contribution in [0, 0.1) is 18.8 Å². The molecule has 1 rings (SSSR count). The lowest BCUT2D eigenvalue weighted by atomic mass is 9.95. The van der Waals surface area contributed by atoms with Gasteiger partial charge in [-0.3, -0.25) is 9.78 Å². The molecule has 0 aromatic carbocycles. The number of aromatic nitrogens is 1. The molecule has 1 atom stereocenters. The zero-order valence-corrected chi connectivity index (χ0v) is 10.0. The van der Waals surface area contributed by atoms with E-state index in [0.717, 1.165) is 11.4 Å². The van der Waals surface area contributed by atoms with Crippen LogP contribution in [0.4, 0.5) is 5.69 Å². The quantitative estimate of drug-likeness (QED) is 0.810. The van der Waals surface area contributed by atoms with Crippen molar-refractivity contribution in [3.05, 3.63) is 24.0 Å². The lowest BCUT2D eigenvalue weighted by Gasteiger charge is -2.18. The van der Waals surface area contributed by atoms with Crippen LogP contribution in [0.25, 0.3) is 0 Å². The second-order valence-corrected chi connectivity index (χ2v) is 4.21. The van der Waals surface area contributed by atoms with Crippen LogP contribution >= 0.6 is 0 Å². The van der Waals surface area contributed by atoms with Gasteiger partial charge in [-0.2, -0.15) is 0 Å². The zero-order valence-electron chi connectivity index (χ0n) is 10.0. The van der Waals surface area contributed by atoms with E-state index in [1.165, 1.54) is 0 Å². The Balaban J connectivity index is 2.74. The Morgan fingerprint density at radius 2 is 2.25 bits per heavy atom. The Kier molecular flexibility index (Phi) is 4.43. The first-order valence-electron chi connectivity index (χ1n) is 5.48. The van der Waals surface area contributed by atoms with Crippen LogP contribution in [0.15, 0.2) is 18.3 Å². The Morgan fingerprint density at radius 3 is 2.75 bits per heavy atom. The molecular weight excluding hydrogens is 202 g/mol. The second kappa shape index (κ2) is 5.61. The maximum atomic E-state index is 11.9. The molecule has 1 unspecified atom stereocenters. The van der Waals surface area contributed by atoms with E-state index in [1.54, 1.807) is 12.3 Å². The average molecular weight is 221 g/mol.